The van der Waals surface area contributed by atoms with Gasteiger partial charge in [-0.3, -0.25) is 9.59 Å². The van der Waals surface area contributed by atoms with Crippen LogP contribution < -0.4 is 16.2 Å². The molecule has 0 saturated carbocycles. The lowest BCUT2D eigenvalue weighted by Crippen LogP contribution is -2.30. The van der Waals surface area contributed by atoms with Crippen LogP contribution in [0, 0.1) is 15.2 Å². The number of pyridine rings is 1. The van der Waals surface area contributed by atoms with E-state index in [0.29, 0.717) is 3.57 Å². The monoisotopic (exact) mass is 479 g/mol. The average Bonchev–Trinajstić information content (AvgIpc) is 2.56. The van der Waals surface area contributed by atoms with E-state index in [2.05, 4.69) is 15.6 Å². The molecule has 4 N–H and O–H groups in total. The molecule has 1 unspecified atom stereocenters. The van der Waals surface area contributed by atoms with Crippen molar-refractivity contribution in [3.8, 4) is 0 Å². The smallest absolute Gasteiger partial charge is 0.285 e. The van der Waals surface area contributed by atoms with Crippen LogP contribution in [0.15, 0.2) is 29.1 Å². The number of aromatic amines is 1. The Kier molecular flexibility index (Phi) is 7.06. The fourth-order valence-corrected chi connectivity index (χ4v) is 2.40. The molecule has 0 fully saturated rings. The summed E-state index contributed by atoms with van der Waals surface area (Å²) in [4.78, 5) is 25.9. The highest BCUT2D eigenvalue weighted by molar-refractivity contribution is 14.1. The Morgan fingerprint density at radius 3 is 2.73 bits per heavy atom. The van der Waals surface area contributed by atoms with Gasteiger partial charge in [-0.25, -0.2) is 8.78 Å². The van der Waals surface area contributed by atoms with E-state index < -0.39 is 29.2 Å². The SMILES string of the molecule is CC(O)COCNC(=O)c1cc(F)c(=O)[nH]c1Nc1ccc(I)cc1F. The second-order valence-corrected chi connectivity index (χ2v) is 6.60. The van der Waals surface area contributed by atoms with Gasteiger partial charge in [-0.05, 0) is 53.8 Å². The molecule has 0 aliphatic rings. The summed E-state index contributed by atoms with van der Waals surface area (Å²) in [7, 11) is 0. The fraction of sp³-hybridized carbons (Fsp3) is 0.250. The lowest BCUT2D eigenvalue weighted by Gasteiger charge is -2.13. The number of aromatic nitrogens is 1. The van der Waals surface area contributed by atoms with Gasteiger partial charge in [0, 0.05) is 3.57 Å². The number of aliphatic hydroxyl groups is 1. The predicted molar refractivity (Wildman–Crippen MR) is 99.4 cm³/mol. The minimum absolute atomic E-state index is 0.000761. The van der Waals surface area contributed by atoms with Crippen molar-refractivity contribution in [3.05, 3.63) is 55.4 Å². The van der Waals surface area contributed by atoms with E-state index in [9.17, 15) is 18.4 Å². The normalized spacial score (nSPS) is 11.9. The molecule has 0 spiro atoms. The standard InChI is InChI=1S/C16H16F2IN3O4/c1-8(23)6-26-7-20-15(24)10-5-12(18)16(25)22-14(10)21-13-3-2-9(19)4-11(13)17/h2-5,8,23H,6-7H2,1H3,(H,20,24)(H2,21,22,25). The van der Waals surface area contributed by atoms with Gasteiger partial charge in [0.05, 0.1) is 24.0 Å². The molecule has 1 amide bonds. The summed E-state index contributed by atoms with van der Waals surface area (Å²) in [5.41, 5.74) is -1.28. The number of hydrogen-bond acceptors (Lipinski definition) is 5. The number of aliphatic hydroxyl groups excluding tert-OH is 1. The Morgan fingerprint density at radius 2 is 2.08 bits per heavy atom. The highest BCUT2D eigenvalue weighted by atomic mass is 127. The minimum Gasteiger partial charge on any atom is -0.391 e. The maximum atomic E-state index is 14.0. The Labute approximate surface area is 160 Å². The van der Waals surface area contributed by atoms with Gasteiger partial charge >= 0.3 is 0 Å². The highest BCUT2D eigenvalue weighted by Crippen LogP contribution is 2.22. The molecule has 2 rings (SSSR count). The number of anilines is 2. The van der Waals surface area contributed by atoms with Gasteiger partial charge in [-0.2, -0.15) is 0 Å². The van der Waals surface area contributed by atoms with Gasteiger partial charge in [0.1, 0.15) is 18.4 Å². The van der Waals surface area contributed by atoms with E-state index >= 15 is 0 Å². The van der Waals surface area contributed by atoms with Crippen LogP contribution in [-0.4, -0.2) is 35.4 Å². The number of halogens is 3. The first-order valence-electron chi connectivity index (χ1n) is 7.47. The van der Waals surface area contributed by atoms with Crippen LogP contribution in [0.5, 0.6) is 0 Å². The van der Waals surface area contributed by atoms with Crippen molar-refractivity contribution in [2.24, 2.45) is 0 Å². The molecule has 2 aromatic rings. The first kappa shape index (κ1) is 20.3. The Hall–Kier alpha value is -2.05. The molecule has 0 bridgehead atoms. The van der Waals surface area contributed by atoms with Crippen LogP contribution in [0.2, 0.25) is 0 Å². The minimum atomic E-state index is -1.16. The van der Waals surface area contributed by atoms with Crippen LogP contribution in [0.1, 0.15) is 17.3 Å². The van der Waals surface area contributed by atoms with Crippen LogP contribution in [-0.2, 0) is 4.74 Å². The number of carbonyl (C=O) groups excluding carboxylic acids is 1. The molecule has 7 nitrogen and oxygen atoms in total. The molecular weight excluding hydrogens is 463 g/mol. The number of rotatable bonds is 7. The summed E-state index contributed by atoms with van der Waals surface area (Å²) >= 11 is 1.93. The largest absolute Gasteiger partial charge is 0.391 e. The molecule has 1 aromatic carbocycles. The fourth-order valence-electron chi connectivity index (χ4n) is 1.95. The van der Waals surface area contributed by atoms with Crippen molar-refractivity contribution < 1.29 is 23.4 Å². The lowest BCUT2D eigenvalue weighted by atomic mass is 10.2. The van der Waals surface area contributed by atoms with Crippen LogP contribution in [0.25, 0.3) is 0 Å². The summed E-state index contributed by atoms with van der Waals surface area (Å²) in [5, 5.41) is 14.0. The lowest BCUT2D eigenvalue weighted by molar-refractivity contribution is 0.0356. The zero-order valence-corrected chi connectivity index (χ0v) is 15.8. The predicted octanol–water partition coefficient (Wildman–Crippen LogP) is 2.09. The summed E-state index contributed by atoms with van der Waals surface area (Å²) in [6.07, 6.45) is -0.710. The van der Waals surface area contributed by atoms with E-state index in [-0.39, 0.29) is 30.4 Å². The molecule has 0 aliphatic heterocycles. The second-order valence-electron chi connectivity index (χ2n) is 5.35. The van der Waals surface area contributed by atoms with Crippen molar-refractivity contribution in [3.63, 3.8) is 0 Å². The van der Waals surface area contributed by atoms with Crippen molar-refractivity contribution in [1.82, 2.24) is 10.3 Å². The number of carbonyl (C=O) groups is 1. The third-order valence-corrected chi connectivity index (χ3v) is 3.80. The molecule has 0 aliphatic carbocycles. The molecule has 1 heterocycles. The van der Waals surface area contributed by atoms with E-state index in [1.54, 1.807) is 6.07 Å². The number of H-pyrrole nitrogens is 1. The Bertz CT molecular complexity index is 858. The summed E-state index contributed by atoms with van der Waals surface area (Å²) in [6.45, 7) is 1.28. The second kappa shape index (κ2) is 9.05. The first-order chi connectivity index (χ1) is 12.3. The molecule has 26 heavy (non-hydrogen) atoms. The van der Waals surface area contributed by atoms with E-state index in [0.717, 1.165) is 6.07 Å². The zero-order valence-electron chi connectivity index (χ0n) is 13.6. The molecule has 140 valence electrons. The molecular formula is C16H16F2IN3O4. The van der Waals surface area contributed by atoms with Crippen molar-refractivity contribution in [2.75, 3.05) is 18.7 Å². The summed E-state index contributed by atoms with van der Waals surface area (Å²) in [5.74, 6) is -2.67. The topological polar surface area (TPSA) is 103 Å². The number of benzene rings is 1. The Balaban J connectivity index is 2.24. The third-order valence-electron chi connectivity index (χ3n) is 3.13. The molecule has 1 atom stereocenters. The van der Waals surface area contributed by atoms with Crippen molar-refractivity contribution >= 4 is 40.0 Å². The molecule has 1 aromatic heterocycles. The zero-order chi connectivity index (χ0) is 19.3. The Morgan fingerprint density at radius 1 is 1.35 bits per heavy atom. The van der Waals surface area contributed by atoms with Crippen LogP contribution in [0.3, 0.4) is 0 Å². The first-order valence-corrected chi connectivity index (χ1v) is 8.54. The van der Waals surface area contributed by atoms with Gasteiger partial charge in [-0.15, -0.1) is 0 Å². The van der Waals surface area contributed by atoms with Crippen LogP contribution in [0.4, 0.5) is 20.3 Å². The third kappa shape index (κ3) is 5.47. The number of nitrogens with one attached hydrogen (secondary N) is 3. The summed E-state index contributed by atoms with van der Waals surface area (Å²) in [6, 6.07) is 5.05. The molecule has 10 heteroatoms. The maximum Gasteiger partial charge on any atom is 0.285 e. The van der Waals surface area contributed by atoms with Crippen molar-refractivity contribution in [2.45, 2.75) is 13.0 Å². The van der Waals surface area contributed by atoms with Gasteiger partial charge < -0.3 is 25.5 Å². The maximum absolute atomic E-state index is 14.0. The van der Waals surface area contributed by atoms with E-state index in [4.69, 9.17) is 9.84 Å². The average molecular weight is 479 g/mol. The highest BCUT2D eigenvalue weighted by Gasteiger charge is 2.17. The van der Waals surface area contributed by atoms with Gasteiger partial charge in [0.25, 0.3) is 11.5 Å². The van der Waals surface area contributed by atoms with Crippen molar-refractivity contribution in [1.29, 1.82) is 0 Å². The van der Waals surface area contributed by atoms with Gasteiger partial charge in [-0.1, -0.05) is 0 Å². The van der Waals surface area contributed by atoms with Gasteiger partial charge in [0.15, 0.2) is 5.82 Å². The van der Waals surface area contributed by atoms with E-state index in [1.165, 1.54) is 19.1 Å². The molecule has 0 saturated heterocycles. The van der Waals surface area contributed by atoms with Gasteiger partial charge in [0.2, 0.25) is 0 Å². The molecule has 0 radical (unpaired) electrons. The number of ether oxygens (including phenoxy) is 1. The number of hydrogen-bond donors (Lipinski definition) is 4. The van der Waals surface area contributed by atoms with E-state index in [1.807, 2.05) is 22.6 Å². The quantitative estimate of drug-likeness (QED) is 0.277. The summed E-state index contributed by atoms with van der Waals surface area (Å²) < 4.78 is 33.3. The number of amides is 1. The van der Waals surface area contributed by atoms with Crippen LogP contribution >= 0.6 is 22.6 Å².